The Morgan fingerprint density at radius 3 is 2.74 bits per heavy atom. The molecule has 0 aliphatic carbocycles. The van der Waals surface area contributed by atoms with Crippen molar-refractivity contribution in [1.29, 1.82) is 0 Å². The van der Waals surface area contributed by atoms with Crippen LogP contribution in [0.5, 0.6) is 0 Å². The van der Waals surface area contributed by atoms with Crippen molar-refractivity contribution in [1.82, 2.24) is 19.8 Å². The molecule has 0 aromatic carbocycles. The zero-order valence-electron chi connectivity index (χ0n) is 14.4. The van der Waals surface area contributed by atoms with Gasteiger partial charge in [-0.3, -0.25) is 4.99 Å². The standard InChI is InChI=1S/C16H24BrN5S/c1-11-15(23-12(2)20-11)6-7-19-16(18-3)22(5)10-14-8-13(17)9-21(14)4/h8-9H,6-7,10H2,1-5H3,(H,18,19). The molecule has 0 saturated heterocycles. The Bertz CT molecular complexity index is 689. The number of nitrogens with one attached hydrogen (secondary N) is 1. The van der Waals surface area contributed by atoms with Gasteiger partial charge in [0.2, 0.25) is 0 Å². The fourth-order valence-corrected chi connectivity index (χ4v) is 4.03. The molecule has 2 rings (SSSR count). The van der Waals surface area contributed by atoms with E-state index in [0.717, 1.165) is 40.6 Å². The van der Waals surface area contributed by atoms with Crippen molar-refractivity contribution in [2.24, 2.45) is 12.0 Å². The van der Waals surface area contributed by atoms with Gasteiger partial charge in [0.25, 0.3) is 0 Å². The lowest BCUT2D eigenvalue weighted by molar-refractivity contribution is 0.462. The third kappa shape index (κ3) is 4.81. The van der Waals surface area contributed by atoms with E-state index in [2.05, 4.69) is 80.9 Å². The molecule has 7 heteroatoms. The number of thiazole rings is 1. The summed E-state index contributed by atoms with van der Waals surface area (Å²) in [7, 11) is 5.93. The molecule has 2 aromatic heterocycles. The predicted octanol–water partition coefficient (Wildman–Crippen LogP) is 3.11. The monoisotopic (exact) mass is 397 g/mol. The number of rotatable bonds is 5. The quantitative estimate of drug-likeness (QED) is 0.622. The van der Waals surface area contributed by atoms with E-state index >= 15 is 0 Å². The Morgan fingerprint density at radius 2 is 2.22 bits per heavy atom. The topological polar surface area (TPSA) is 45.5 Å². The van der Waals surface area contributed by atoms with E-state index in [1.165, 1.54) is 10.6 Å². The summed E-state index contributed by atoms with van der Waals surface area (Å²) in [6.45, 7) is 5.79. The van der Waals surface area contributed by atoms with Crippen LogP contribution in [0, 0.1) is 13.8 Å². The van der Waals surface area contributed by atoms with E-state index in [4.69, 9.17) is 0 Å². The summed E-state index contributed by atoms with van der Waals surface area (Å²) < 4.78 is 3.22. The Labute approximate surface area is 150 Å². The lowest BCUT2D eigenvalue weighted by Gasteiger charge is -2.22. The Hall–Kier alpha value is -1.34. The average Bonchev–Trinajstić information content (AvgIpc) is 2.96. The summed E-state index contributed by atoms with van der Waals surface area (Å²) in [6, 6.07) is 2.13. The van der Waals surface area contributed by atoms with Gasteiger partial charge in [0, 0.05) is 55.3 Å². The van der Waals surface area contributed by atoms with Gasteiger partial charge in [0.15, 0.2) is 5.96 Å². The van der Waals surface area contributed by atoms with Crippen LogP contribution in [0.4, 0.5) is 0 Å². The first-order valence-electron chi connectivity index (χ1n) is 7.56. The maximum absolute atomic E-state index is 4.47. The number of hydrogen-bond acceptors (Lipinski definition) is 3. The molecule has 126 valence electrons. The van der Waals surface area contributed by atoms with E-state index in [1.807, 2.05) is 7.05 Å². The minimum absolute atomic E-state index is 0.806. The number of hydrogen-bond donors (Lipinski definition) is 1. The molecule has 0 amide bonds. The maximum atomic E-state index is 4.47. The second-order valence-corrected chi connectivity index (χ2v) is 7.79. The molecule has 1 N–H and O–H groups in total. The van der Waals surface area contributed by atoms with Gasteiger partial charge in [-0.25, -0.2) is 4.98 Å². The molecule has 0 radical (unpaired) electrons. The highest BCUT2D eigenvalue weighted by Crippen LogP contribution is 2.17. The van der Waals surface area contributed by atoms with Crippen molar-refractivity contribution >= 4 is 33.2 Å². The van der Waals surface area contributed by atoms with Crippen LogP contribution in [0.15, 0.2) is 21.7 Å². The molecule has 0 aliphatic heterocycles. The zero-order chi connectivity index (χ0) is 17.0. The molecule has 0 atom stereocenters. The Kier molecular flexibility index (Phi) is 6.24. The molecule has 0 unspecified atom stereocenters. The largest absolute Gasteiger partial charge is 0.356 e. The number of guanidine groups is 1. The van der Waals surface area contributed by atoms with Crippen LogP contribution < -0.4 is 5.32 Å². The number of aryl methyl sites for hydroxylation is 3. The summed E-state index contributed by atoms with van der Waals surface area (Å²) in [5, 5.41) is 4.57. The number of aromatic nitrogens is 2. The second kappa shape index (κ2) is 7.97. The Morgan fingerprint density at radius 1 is 1.48 bits per heavy atom. The van der Waals surface area contributed by atoms with Gasteiger partial charge in [-0.1, -0.05) is 0 Å². The highest BCUT2D eigenvalue weighted by atomic mass is 79.9. The summed E-state index contributed by atoms with van der Waals surface area (Å²) in [6.07, 6.45) is 3.04. The average molecular weight is 398 g/mol. The van der Waals surface area contributed by atoms with Gasteiger partial charge >= 0.3 is 0 Å². The molecule has 0 bridgehead atoms. The highest BCUT2D eigenvalue weighted by Gasteiger charge is 2.10. The number of halogens is 1. The van der Waals surface area contributed by atoms with Crippen LogP contribution in [0.2, 0.25) is 0 Å². The summed E-state index contributed by atoms with van der Waals surface area (Å²) in [5.74, 6) is 0.904. The molecule has 0 spiro atoms. The van der Waals surface area contributed by atoms with Crippen molar-refractivity contribution in [2.75, 3.05) is 20.6 Å². The first-order chi connectivity index (χ1) is 10.9. The van der Waals surface area contributed by atoms with E-state index in [1.54, 1.807) is 11.3 Å². The van der Waals surface area contributed by atoms with Crippen molar-refractivity contribution < 1.29 is 0 Å². The predicted molar refractivity (Wildman–Crippen MR) is 101 cm³/mol. The van der Waals surface area contributed by atoms with Gasteiger partial charge in [-0.2, -0.15) is 0 Å². The van der Waals surface area contributed by atoms with Crippen LogP contribution in [-0.2, 0) is 20.0 Å². The number of nitrogens with zero attached hydrogens (tertiary/aromatic N) is 4. The van der Waals surface area contributed by atoms with Gasteiger partial charge in [-0.05, 0) is 35.8 Å². The van der Waals surface area contributed by atoms with Crippen LogP contribution >= 0.6 is 27.3 Å². The first-order valence-corrected chi connectivity index (χ1v) is 9.17. The van der Waals surface area contributed by atoms with Gasteiger partial charge in [0.1, 0.15) is 0 Å². The molecule has 0 aliphatic rings. The third-order valence-corrected chi connectivity index (χ3v) is 5.25. The fourth-order valence-electron chi connectivity index (χ4n) is 2.52. The smallest absolute Gasteiger partial charge is 0.193 e. The summed E-state index contributed by atoms with van der Waals surface area (Å²) in [4.78, 5) is 12.3. The molecule has 0 saturated carbocycles. The maximum Gasteiger partial charge on any atom is 0.193 e. The zero-order valence-corrected chi connectivity index (χ0v) is 16.8. The van der Waals surface area contributed by atoms with Crippen molar-refractivity contribution in [3.05, 3.63) is 38.0 Å². The van der Waals surface area contributed by atoms with Crippen molar-refractivity contribution in [3.63, 3.8) is 0 Å². The fraction of sp³-hybridized carbons (Fsp3) is 0.500. The van der Waals surface area contributed by atoms with Crippen LogP contribution in [0.1, 0.15) is 21.3 Å². The van der Waals surface area contributed by atoms with E-state index < -0.39 is 0 Å². The van der Waals surface area contributed by atoms with Gasteiger partial charge in [0.05, 0.1) is 17.2 Å². The lowest BCUT2D eigenvalue weighted by atomic mass is 10.3. The van der Waals surface area contributed by atoms with Crippen molar-refractivity contribution in [2.45, 2.75) is 26.8 Å². The molecular formula is C16H24BrN5S. The lowest BCUT2D eigenvalue weighted by Crippen LogP contribution is -2.39. The highest BCUT2D eigenvalue weighted by molar-refractivity contribution is 9.10. The van der Waals surface area contributed by atoms with Crippen LogP contribution in [0.3, 0.4) is 0 Å². The summed E-state index contributed by atoms with van der Waals surface area (Å²) >= 11 is 5.29. The van der Waals surface area contributed by atoms with Crippen LogP contribution in [0.25, 0.3) is 0 Å². The molecular weight excluding hydrogens is 374 g/mol. The summed E-state index contributed by atoms with van der Waals surface area (Å²) in [5.41, 5.74) is 2.38. The molecule has 0 fully saturated rings. The van der Waals surface area contributed by atoms with Crippen LogP contribution in [-0.4, -0.2) is 41.1 Å². The van der Waals surface area contributed by atoms with Gasteiger partial charge < -0.3 is 14.8 Å². The van der Waals surface area contributed by atoms with E-state index in [0.29, 0.717) is 0 Å². The molecule has 2 aromatic rings. The SMILES string of the molecule is CN=C(NCCc1sc(C)nc1C)N(C)Cc1cc(Br)cn1C. The van der Waals surface area contributed by atoms with E-state index in [-0.39, 0.29) is 0 Å². The number of aliphatic imine (C=N–C) groups is 1. The molecule has 23 heavy (non-hydrogen) atoms. The van der Waals surface area contributed by atoms with Gasteiger partial charge in [-0.15, -0.1) is 11.3 Å². The Balaban J connectivity index is 1.89. The molecule has 5 nitrogen and oxygen atoms in total. The molecule has 2 heterocycles. The van der Waals surface area contributed by atoms with E-state index in [9.17, 15) is 0 Å². The first kappa shape index (κ1) is 18.0. The minimum atomic E-state index is 0.806. The van der Waals surface area contributed by atoms with Crippen molar-refractivity contribution in [3.8, 4) is 0 Å². The third-order valence-electron chi connectivity index (χ3n) is 3.68. The minimum Gasteiger partial charge on any atom is -0.356 e. The normalized spacial score (nSPS) is 11.8. The second-order valence-electron chi connectivity index (χ2n) is 5.58.